The Hall–Kier alpha value is -3.61. The molecular formula is C28H30F6N4O3. The van der Waals surface area contributed by atoms with Gasteiger partial charge < -0.3 is 29.4 Å². The second-order valence-electron chi connectivity index (χ2n) is 10.2. The Morgan fingerprint density at radius 2 is 1.39 bits per heavy atom. The van der Waals surface area contributed by atoms with E-state index in [2.05, 4.69) is 30.0 Å². The Morgan fingerprint density at radius 3 is 2.02 bits per heavy atom. The third-order valence-electron chi connectivity index (χ3n) is 7.26. The van der Waals surface area contributed by atoms with Gasteiger partial charge in [0.15, 0.2) is 5.76 Å². The first kappa shape index (κ1) is 28.9. The lowest BCUT2D eigenvalue weighted by atomic mass is 9.89. The normalized spacial score (nSPS) is 21.9. The maximum absolute atomic E-state index is 12.5. The molecule has 222 valence electrons. The van der Waals surface area contributed by atoms with Crippen LogP contribution in [0.3, 0.4) is 0 Å². The minimum atomic E-state index is -4.76. The number of hydrogen-bond acceptors (Lipinski definition) is 7. The third kappa shape index (κ3) is 8.21. The summed E-state index contributed by atoms with van der Waals surface area (Å²) in [5, 5.41) is 7.17. The summed E-state index contributed by atoms with van der Waals surface area (Å²) in [6.07, 6.45) is -2.03. The molecule has 7 nitrogen and oxygen atoms in total. The highest BCUT2D eigenvalue weighted by Crippen LogP contribution is 2.31. The molecule has 2 N–H and O–H groups in total. The summed E-state index contributed by atoms with van der Waals surface area (Å²) in [6.45, 7) is 1.53. The topological polar surface area (TPSA) is 71.8 Å². The van der Waals surface area contributed by atoms with E-state index in [0.717, 1.165) is 57.3 Å². The molecule has 2 aliphatic rings. The van der Waals surface area contributed by atoms with Crippen LogP contribution in [0.15, 0.2) is 59.1 Å². The van der Waals surface area contributed by atoms with Crippen molar-refractivity contribution in [2.24, 2.45) is 0 Å². The number of halogens is 6. The van der Waals surface area contributed by atoms with E-state index in [0.29, 0.717) is 17.3 Å². The molecule has 13 heteroatoms. The fourth-order valence-electron chi connectivity index (χ4n) is 5.47. The van der Waals surface area contributed by atoms with Gasteiger partial charge in [0, 0.05) is 42.5 Å². The van der Waals surface area contributed by atoms with E-state index in [-0.39, 0.29) is 29.6 Å². The second kappa shape index (κ2) is 12.1. The zero-order chi connectivity index (χ0) is 29.0. The fourth-order valence-corrected chi connectivity index (χ4v) is 5.47. The van der Waals surface area contributed by atoms with Crippen LogP contribution in [0.2, 0.25) is 0 Å². The largest absolute Gasteiger partial charge is 0.573 e. The standard InChI is InChI=1S/C28H30F6N4O3/c29-27(30,31)40-21-11-7-18(8-12-21)25-16-35-26(39-25)37-24-6-2-1-5-23(24)36-19-4-3-15-38(17-19)20-9-13-22(14-10-20)41-28(32,33)34/h7-14,16,19,23-24,36H,1-6,15,17H2,(H,35,37)/t19-,23?,24?/m0/s1. The molecule has 0 amide bonds. The molecule has 3 atom stereocenters. The summed E-state index contributed by atoms with van der Waals surface area (Å²) >= 11 is 0. The Labute approximate surface area is 232 Å². The van der Waals surface area contributed by atoms with E-state index >= 15 is 0 Å². The van der Waals surface area contributed by atoms with E-state index < -0.39 is 12.7 Å². The highest BCUT2D eigenvalue weighted by Gasteiger charge is 2.33. The van der Waals surface area contributed by atoms with Crippen LogP contribution in [0.5, 0.6) is 11.5 Å². The number of nitrogens with one attached hydrogen (secondary N) is 2. The monoisotopic (exact) mass is 584 g/mol. The number of hydrogen-bond donors (Lipinski definition) is 2. The van der Waals surface area contributed by atoms with Gasteiger partial charge in [0.2, 0.25) is 0 Å². The van der Waals surface area contributed by atoms with Gasteiger partial charge >= 0.3 is 12.7 Å². The molecule has 2 aromatic carbocycles. The molecule has 3 aromatic rings. The molecule has 5 rings (SSSR count). The van der Waals surface area contributed by atoms with Crippen molar-refractivity contribution in [1.29, 1.82) is 0 Å². The van der Waals surface area contributed by atoms with Crippen molar-refractivity contribution in [3.05, 3.63) is 54.7 Å². The highest BCUT2D eigenvalue weighted by molar-refractivity contribution is 5.58. The Bertz CT molecular complexity index is 1260. The molecule has 1 aromatic heterocycles. The number of piperidine rings is 1. The van der Waals surface area contributed by atoms with Gasteiger partial charge in [-0.1, -0.05) is 12.8 Å². The first-order chi connectivity index (χ1) is 19.5. The molecule has 1 aliphatic heterocycles. The third-order valence-corrected chi connectivity index (χ3v) is 7.26. The number of rotatable bonds is 8. The minimum absolute atomic E-state index is 0.0620. The van der Waals surface area contributed by atoms with Gasteiger partial charge in [-0.3, -0.25) is 0 Å². The highest BCUT2D eigenvalue weighted by atomic mass is 19.4. The molecule has 1 saturated carbocycles. The summed E-state index contributed by atoms with van der Waals surface area (Å²) in [5.41, 5.74) is 1.41. The first-order valence-electron chi connectivity index (χ1n) is 13.5. The number of ether oxygens (including phenoxy) is 2. The first-order valence-corrected chi connectivity index (χ1v) is 13.5. The van der Waals surface area contributed by atoms with E-state index in [1.807, 2.05) is 0 Å². The van der Waals surface area contributed by atoms with Crippen molar-refractivity contribution in [2.45, 2.75) is 69.4 Å². The molecule has 0 bridgehead atoms. The molecule has 2 fully saturated rings. The van der Waals surface area contributed by atoms with Gasteiger partial charge in [0.05, 0.1) is 6.20 Å². The molecule has 2 unspecified atom stereocenters. The lowest BCUT2D eigenvalue weighted by Gasteiger charge is -2.40. The number of alkyl halides is 6. The van der Waals surface area contributed by atoms with Crippen LogP contribution in [0.4, 0.5) is 38.0 Å². The zero-order valence-corrected chi connectivity index (χ0v) is 22.0. The van der Waals surface area contributed by atoms with Gasteiger partial charge in [0.1, 0.15) is 11.5 Å². The van der Waals surface area contributed by atoms with Crippen LogP contribution in [-0.2, 0) is 0 Å². The van der Waals surface area contributed by atoms with Crippen molar-refractivity contribution >= 4 is 11.7 Å². The van der Waals surface area contributed by atoms with Crippen molar-refractivity contribution < 1.29 is 40.2 Å². The summed E-state index contributed by atoms with van der Waals surface area (Å²) in [4.78, 5) is 6.49. The van der Waals surface area contributed by atoms with Crippen LogP contribution in [0, 0.1) is 0 Å². The lowest BCUT2D eigenvalue weighted by molar-refractivity contribution is -0.275. The van der Waals surface area contributed by atoms with Gasteiger partial charge in [0.25, 0.3) is 6.01 Å². The summed E-state index contributed by atoms with van der Waals surface area (Å²) in [6, 6.07) is 12.1. The van der Waals surface area contributed by atoms with E-state index in [9.17, 15) is 26.3 Å². The molecule has 41 heavy (non-hydrogen) atoms. The van der Waals surface area contributed by atoms with Gasteiger partial charge in [-0.05, 0) is 74.2 Å². The summed E-state index contributed by atoms with van der Waals surface area (Å²) in [7, 11) is 0. The van der Waals surface area contributed by atoms with Gasteiger partial charge in [-0.15, -0.1) is 26.3 Å². The molecule has 0 radical (unpaired) electrons. The maximum atomic E-state index is 12.5. The fraction of sp³-hybridized carbons (Fsp3) is 0.464. The summed E-state index contributed by atoms with van der Waals surface area (Å²) in [5.74, 6) is -0.142. The number of benzene rings is 2. The molecule has 1 aliphatic carbocycles. The minimum Gasteiger partial charge on any atom is -0.424 e. The quantitative estimate of drug-likeness (QED) is 0.273. The van der Waals surface area contributed by atoms with E-state index in [4.69, 9.17) is 4.42 Å². The zero-order valence-electron chi connectivity index (χ0n) is 22.0. The van der Waals surface area contributed by atoms with E-state index in [1.165, 1.54) is 42.6 Å². The Kier molecular flexibility index (Phi) is 8.52. The van der Waals surface area contributed by atoms with Crippen LogP contribution < -0.4 is 25.0 Å². The molecule has 1 saturated heterocycles. The van der Waals surface area contributed by atoms with Crippen molar-refractivity contribution in [3.63, 3.8) is 0 Å². The average Bonchev–Trinajstić information content (AvgIpc) is 3.38. The predicted molar refractivity (Wildman–Crippen MR) is 140 cm³/mol. The second-order valence-corrected chi connectivity index (χ2v) is 10.2. The molecule has 0 spiro atoms. The van der Waals surface area contributed by atoms with Crippen molar-refractivity contribution in [3.8, 4) is 22.8 Å². The SMILES string of the molecule is FC(F)(F)Oc1ccc(-c2cnc(NC3CCCCC3N[C@H]3CCCN(c4ccc(OC(F)(F)F)cc4)C3)o2)cc1. The Morgan fingerprint density at radius 1 is 0.780 bits per heavy atom. The molecular weight excluding hydrogens is 554 g/mol. The van der Waals surface area contributed by atoms with Gasteiger partial charge in [-0.2, -0.15) is 0 Å². The number of anilines is 2. The number of oxazole rings is 1. The van der Waals surface area contributed by atoms with Crippen LogP contribution in [-0.4, -0.2) is 48.9 Å². The van der Waals surface area contributed by atoms with Crippen LogP contribution in [0.1, 0.15) is 38.5 Å². The Balaban J connectivity index is 1.18. The predicted octanol–water partition coefficient (Wildman–Crippen LogP) is 7.12. The van der Waals surface area contributed by atoms with E-state index in [1.54, 1.807) is 12.1 Å². The smallest absolute Gasteiger partial charge is 0.424 e. The lowest BCUT2D eigenvalue weighted by Crippen LogP contribution is -2.54. The van der Waals surface area contributed by atoms with Crippen LogP contribution >= 0.6 is 0 Å². The number of nitrogens with zero attached hydrogens (tertiary/aromatic N) is 2. The van der Waals surface area contributed by atoms with Crippen molar-refractivity contribution in [1.82, 2.24) is 10.3 Å². The van der Waals surface area contributed by atoms with Crippen molar-refractivity contribution in [2.75, 3.05) is 23.3 Å². The summed E-state index contributed by atoms with van der Waals surface area (Å²) < 4.78 is 88.5. The average molecular weight is 585 g/mol. The van der Waals surface area contributed by atoms with Crippen LogP contribution in [0.25, 0.3) is 11.3 Å². The number of aromatic nitrogens is 1. The molecule has 2 heterocycles. The maximum Gasteiger partial charge on any atom is 0.573 e. The van der Waals surface area contributed by atoms with Gasteiger partial charge in [-0.25, -0.2) is 4.98 Å².